The largest absolute Gasteiger partial charge is 0.395 e. The Morgan fingerprint density at radius 1 is 1.17 bits per heavy atom. The van der Waals surface area contributed by atoms with Gasteiger partial charge in [-0.05, 0) is 37.9 Å². The summed E-state index contributed by atoms with van der Waals surface area (Å²) in [5.41, 5.74) is 1.05. The summed E-state index contributed by atoms with van der Waals surface area (Å²) in [7, 11) is 2.11. The number of rotatable bonds is 6. The number of likely N-dealkylation sites (tertiary alicyclic amines) is 1. The molecule has 24 heavy (non-hydrogen) atoms. The van der Waals surface area contributed by atoms with E-state index in [1.807, 2.05) is 42.6 Å². The molecule has 0 unspecified atom stereocenters. The first-order valence-electron chi connectivity index (χ1n) is 8.69. The quantitative estimate of drug-likeness (QED) is 0.883. The van der Waals surface area contributed by atoms with Crippen LogP contribution in [-0.4, -0.2) is 59.8 Å². The summed E-state index contributed by atoms with van der Waals surface area (Å²) in [6.45, 7) is 4.23. The van der Waals surface area contributed by atoms with Crippen LogP contribution in [0.4, 0.5) is 5.82 Å². The fourth-order valence-electron chi connectivity index (χ4n) is 3.30. The molecule has 0 radical (unpaired) electrons. The standard InChI is InChI=1S/C19H26N4O/c1-22(15-16-8-11-23(12-9-16)13-14-24)18-7-10-20-19(21-18)17-5-3-2-4-6-17/h2-7,10,16,24H,8-9,11-15H2,1H3. The van der Waals surface area contributed by atoms with Crippen LogP contribution in [-0.2, 0) is 0 Å². The highest BCUT2D eigenvalue weighted by Gasteiger charge is 2.20. The fourth-order valence-corrected chi connectivity index (χ4v) is 3.30. The lowest BCUT2D eigenvalue weighted by atomic mass is 9.96. The fraction of sp³-hybridized carbons (Fsp3) is 0.474. The molecule has 1 fully saturated rings. The average Bonchev–Trinajstić information content (AvgIpc) is 2.64. The van der Waals surface area contributed by atoms with Gasteiger partial charge in [-0.25, -0.2) is 9.97 Å². The number of piperidine rings is 1. The van der Waals surface area contributed by atoms with Gasteiger partial charge in [-0.1, -0.05) is 30.3 Å². The van der Waals surface area contributed by atoms with E-state index in [2.05, 4.69) is 21.8 Å². The molecule has 128 valence electrons. The van der Waals surface area contributed by atoms with Crippen molar-refractivity contribution < 1.29 is 5.11 Å². The first-order valence-corrected chi connectivity index (χ1v) is 8.69. The number of aliphatic hydroxyl groups excluding tert-OH is 1. The van der Waals surface area contributed by atoms with Crippen LogP contribution in [0.2, 0.25) is 0 Å². The van der Waals surface area contributed by atoms with Gasteiger partial charge in [0.05, 0.1) is 6.61 Å². The van der Waals surface area contributed by atoms with E-state index in [0.29, 0.717) is 5.92 Å². The lowest BCUT2D eigenvalue weighted by Crippen LogP contribution is -2.39. The minimum Gasteiger partial charge on any atom is -0.395 e. The zero-order valence-corrected chi connectivity index (χ0v) is 14.3. The zero-order valence-electron chi connectivity index (χ0n) is 14.3. The highest BCUT2D eigenvalue weighted by Crippen LogP contribution is 2.21. The summed E-state index contributed by atoms with van der Waals surface area (Å²) in [4.78, 5) is 13.7. The van der Waals surface area contributed by atoms with Crippen molar-refractivity contribution >= 4 is 5.82 Å². The highest BCUT2D eigenvalue weighted by atomic mass is 16.3. The molecule has 1 aromatic carbocycles. The molecule has 1 aliphatic rings. The Hall–Kier alpha value is -1.98. The molecule has 3 rings (SSSR count). The van der Waals surface area contributed by atoms with Gasteiger partial charge in [0, 0.05) is 31.9 Å². The maximum absolute atomic E-state index is 9.03. The van der Waals surface area contributed by atoms with Gasteiger partial charge in [-0.15, -0.1) is 0 Å². The summed E-state index contributed by atoms with van der Waals surface area (Å²) in [5, 5.41) is 9.03. The molecule has 2 aromatic rings. The average molecular weight is 326 g/mol. The van der Waals surface area contributed by atoms with Gasteiger partial charge in [0.1, 0.15) is 5.82 Å². The molecular formula is C19H26N4O. The van der Waals surface area contributed by atoms with Gasteiger partial charge in [-0.2, -0.15) is 0 Å². The Kier molecular flexibility index (Phi) is 5.77. The second-order valence-corrected chi connectivity index (χ2v) is 6.49. The Bertz CT molecular complexity index is 626. The number of anilines is 1. The number of hydrogen-bond acceptors (Lipinski definition) is 5. The monoisotopic (exact) mass is 326 g/mol. The van der Waals surface area contributed by atoms with Crippen molar-refractivity contribution in [1.82, 2.24) is 14.9 Å². The molecule has 0 saturated carbocycles. The molecule has 5 nitrogen and oxygen atoms in total. The van der Waals surface area contributed by atoms with Crippen LogP contribution >= 0.6 is 0 Å². The smallest absolute Gasteiger partial charge is 0.161 e. The van der Waals surface area contributed by atoms with Crippen molar-refractivity contribution in [3.8, 4) is 11.4 Å². The van der Waals surface area contributed by atoms with E-state index in [1.165, 1.54) is 12.8 Å². The molecule has 0 bridgehead atoms. The van der Waals surface area contributed by atoms with E-state index in [9.17, 15) is 0 Å². The Morgan fingerprint density at radius 2 is 1.92 bits per heavy atom. The van der Waals surface area contributed by atoms with Gasteiger partial charge in [0.25, 0.3) is 0 Å². The van der Waals surface area contributed by atoms with Crippen molar-refractivity contribution in [1.29, 1.82) is 0 Å². The summed E-state index contributed by atoms with van der Waals surface area (Å²) >= 11 is 0. The molecule has 1 N–H and O–H groups in total. The number of aromatic nitrogens is 2. The van der Waals surface area contributed by atoms with E-state index in [0.717, 1.165) is 43.4 Å². The minimum atomic E-state index is 0.258. The van der Waals surface area contributed by atoms with Crippen LogP contribution in [0.25, 0.3) is 11.4 Å². The summed E-state index contributed by atoms with van der Waals surface area (Å²) in [6.07, 6.45) is 4.20. The maximum Gasteiger partial charge on any atom is 0.161 e. The molecule has 0 aliphatic carbocycles. The van der Waals surface area contributed by atoms with Gasteiger partial charge in [0.2, 0.25) is 0 Å². The summed E-state index contributed by atoms with van der Waals surface area (Å²) < 4.78 is 0. The molecule has 0 spiro atoms. The first kappa shape index (κ1) is 16.9. The van der Waals surface area contributed by atoms with Gasteiger partial charge in [-0.3, -0.25) is 0 Å². The normalized spacial score (nSPS) is 16.2. The number of hydrogen-bond donors (Lipinski definition) is 1. The number of benzene rings is 1. The van der Waals surface area contributed by atoms with E-state index >= 15 is 0 Å². The van der Waals surface area contributed by atoms with E-state index < -0.39 is 0 Å². The number of β-amino-alcohol motifs (C(OH)–C–C–N with tert-alkyl or cyclic N) is 1. The van der Waals surface area contributed by atoms with Crippen molar-refractivity contribution in [3.63, 3.8) is 0 Å². The number of aliphatic hydroxyl groups is 1. The lowest BCUT2D eigenvalue weighted by molar-refractivity contribution is 0.149. The molecule has 1 aliphatic heterocycles. The van der Waals surface area contributed by atoms with E-state index in [-0.39, 0.29) is 6.61 Å². The van der Waals surface area contributed by atoms with Crippen molar-refractivity contribution in [3.05, 3.63) is 42.6 Å². The summed E-state index contributed by atoms with van der Waals surface area (Å²) in [6, 6.07) is 12.1. The van der Waals surface area contributed by atoms with Crippen LogP contribution in [0.3, 0.4) is 0 Å². The van der Waals surface area contributed by atoms with Gasteiger partial charge >= 0.3 is 0 Å². The molecule has 0 atom stereocenters. The van der Waals surface area contributed by atoms with Crippen LogP contribution in [0.1, 0.15) is 12.8 Å². The van der Waals surface area contributed by atoms with Gasteiger partial charge < -0.3 is 14.9 Å². The highest BCUT2D eigenvalue weighted by molar-refractivity contribution is 5.56. The topological polar surface area (TPSA) is 52.5 Å². The molecule has 5 heteroatoms. The van der Waals surface area contributed by atoms with Crippen LogP contribution < -0.4 is 4.90 Å². The molecule has 1 saturated heterocycles. The molecular weight excluding hydrogens is 300 g/mol. The van der Waals surface area contributed by atoms with E-state index in [1.54, 1.807) is 0 Å². The van der Waals surface area contributed by atoms with Crippen molar-refractivity contribution in [2.45, 2.75) is 12.8 Å². The third kappa shape index (κ3) is 4.30. The molecule has 2 heterocycles. The Balaban J connectivity index is 1.61. The maximum atomic E-state index is 9.03. The zero-order chi connectivity index (χ0) is 16.8. The third-order valence-corrected chi connectivity index (χ3v) is 4.72. The van der Waals surface area contributed by atoms with Crippen molar-refractivity contribution in [2.75, 3.05) is 44.7 Å². The second-order valence-electron chi connectivity index (χ2n) is 6.49. The lowest BCUT2D eigenvalue weighted by Gasteiger charge is -2.33. The van der Waals surface area contributed by atoms with Crippen LogP contribution in [0.5, 0.6) is 0 Å². The molecule has 1 aromatic heterocycles. The Morgan fingerprint density at radius 3 is 2.62 bits per heavy atom. The molecule has 0 amide bonds. The van der Waals surface area contributed by atoms with E-state index in [4.69, 9.17) is 10.1 Å². The summed E-state index contributed by atoms with van der Waals surface area (Å²) in [5.74, 6) is 2.43. The second kappa shape index (κ2) is 8.22. The predicted molar refractivity (Wildman–Crippen MR) is 97.0 cm³/mol. The SMILES string of the molecule is CN(CC1CCN(CCO)CC1)c1ccnc(-c2ccccc2)n1. The van der Waals surface area contributed by atoms with Crippen molar-refractivity contribution in [2.24, 2.45) is 5.92 Å². The minimum absolute atomic E-state index is 0.258. The number of nitrogens with zero attached hydrogens (tertiary/aromatic N) is 4. The predicted octanol–water partition coefficient (Wildman–Crippen LogP) is 2.28. The van der Waals surface area contributed by atoms with Gasteiger partial charge in [0.15, 0.2) is 5.82 Å². The first-order chi connectivity index (χ1) is 11.8. The van der Waals surface area contributed by atoms with Crippen LogP contribution in [0.15, 0.2) is 42.6 Å². The third-order valence-electron chi connectivity index (χ3n) is 4.72. The van der Waals surface area contributed by atoms with Crippen LogP contribution in [0, 0.1) is 5.92 Å². The Labute approximate surface area is 144 Å².